The fourth-order valence-corrected chi connectivity index (χ4v) is 2.14. The SMILES string of the molecule is CCn1cc(CNC(=O)N2CCCO[C@H](C)C2)cn1. The molecule has 19 heavy (non-hydrogen) atoms. The summed E-state index contributed by atoms with van der Waals surface area (Å²) in [4.78, 5) is 13.9. The third-order valence-electron chi connectivity index (χ3n) is 3.19. The number of hydrogen-bond donors (Lipinski definition) is 1. The number of nitrogens with zero attached hydrogens (tertiary/aromatic N) is 3. The summed E-state index contributed by atoms with van der Waals surface area (Å²) in [6.45, 7) is 7.53. The molecule has 0 unspecified atom stereocenters. The van der Waals surface area contributed by atoms with Gasteiger partial charge >= 0.3 is 6.03 Å². The molecule has 1 aromatic rings. The second kappa shape index (κ2) is 6.56. The summed E-state index contributed by atoms with van der Waals surface area (Å²) >= 11 is 0. The van der Waals surface area contributed by atoms with Gasteiger partial charge in [-0.15, -0.1) is 0 Å². The molecule has 1 N–H and O–H groups in total. The van der Waals surface area contributed by atoms with Gasteiger partial charge in [0.25, 0.3) is 0 Å². The quantitative estimate of drug-likeness (QED) is 0.895. The van der Waals surface area contributed by atoms with Crippen LogP contribution in [0.15, 0.2) is 12.4 Å². The molecule has 0 spiro atoms. The molecule has 2 rings (SSSR count). The van der Waals surface area contributed by atoms with Crippen molar-refractivity contribution in [2.24, 2.45) is 0 Å². The van der Waals surface area contributed by atoms with Crippen molar-refractivity contribution < 1.29 is 9.53 Å². The Kier molecular flexibility index (Phi) is 4.79. The van der Waals surface area contributed by atoms with Crippen LogP contribution in [0.5, 0.6) is 0 Å². The van der Waals surface area contributed by atoms with Crippen LogP contribution in [0.1, 0.15) is 25.8 Å². The summed E-state index contributed by atoms with van der Waals surface area (Å²) in [6, 6.07) is -0.0263. The Labute approximate surface area is 113 Å². The smallest absolute Gasteiger partial charge is 0.317 e. The van der Waals surface area contributed by atoms with E-state index in [0.29, 0.717) is 13.1 Å². The third kappa shape index (κ3) is 3.96. The fraction of sp³-hybridized carbons (Fsp3) is 0.692. The molecule has 1 aliphatic heterocycles. The third-order valence-corrected chi connectivity index (χ3v) is 3.19. The summed E-state index contributed by atoms with van der Waals surface area (Å²) in [7, 11) is 0. The van der Waals surface area contributed by atoms with Crippen LogP contribution in [0.2, 0.25) is 0 Å². The van der Waals surface area contributed by atoms with Gasteiger partial charge in [-0.2, -0.15) is 5.10 Å². The standard InChI is InChI=1S/C13H22N4O2/c1-3-17-10-12(8-15-17)7-14-13(18)16-5-4-6-19-11(2)9-16/h8,10-11H,3-7,9H2,1-2H3,(H,14,18)/t11-/m1/s1. The summed E-state index contributed by atoms with van der Waals surface area (Å²) in [5.74, 6) is 0. The molecule has 1 aliphatic rings. The van der Waals surface area contributed by atoms with Gasteiger partial charge in [-0.3, -0.25) is 4.68 Å². The van der Waals surface area contributed by atoms with Gasteiger partial charge in [0.05, 0.1) is 12.3 Å². The molecule has 0 aromatic carbocycles. The highest BCUT2D eigenvalue weighted by atomic mass is 16.5. The van der Waals surface area contributed by atoms with Crippen LogP contribution in [0, 0.1) is 0 Å². The van der Waals surface area contributed by atoms with Gasteiger partial charge in [-0.05, 0) is 20.3 Å². The first-order valence-electron chi connectivity index (χ1n) is 6.84. The van der Waals surface area contributed by atoms with Crippen molar-refractivity contribution >= 4 is 6.03 Å². The van der Waals surface area contributed by atoms with Gasteiger partial charge in [0, 0.05) is 44.5 Å². The van der Waals surface area contributed by atoms with Crippen LogP contribution in [0.4, 0.5) is 4.79 Å². The minimum atomic E-state index is -0.0263. The van der Waals surface area contributed by atoms with Crippen molar-refractivity contribution in [3.8, 4) is 0 Å². The highest BCUT2D eigenvalue weighted by Crippen LogP contribution is 2.06. The molecular weight excluding hydrogens is 244 g/mol. The van der Waals surface area contributed by atoms with Gasteiger partial charge in [-0.1, -0.05) is 0 Å². The van der Waals surface area contributed by atoms with Crippen LogP contribution in [-0.2, 0) is 17.8 Å². The summed E-state index contributed by atoms with van der Waals surface area (Å²) in [5.41, 5.74) is 1.02. The van der Waals surface area contributed by atoms with Gasteiger partial charge in [0.1, 0.15) is 0 Å². The Morgan fingerprint density at radius 2 is 2.47 bits per heavy atom. The minimum absolute atomic E-state index is 0.0263. The number of amides is 2. The van der Waals surface area contributed by atoms with E-state index < -0.39 is 0 Å². The van der Waals surface area contributed by atoms with E-state index in [-0.39, 0.29) is 12.1 Å². The van der Waals surface area contributed by atoms with E-state index in [4.69, 9.17) is 4.74 Å². The zero-order valence-electron chi connectivity index (χ0n) is 11.6. The maximum atomic E-state index is 12.1. The molecule has 1 saturated heterocycles. The van der Waals surface area contributed by atoms with E-state index in [1.165, 1.54) is 0 Å². The molecule has 0 bridgehead atoms. The number of hydrogen-bond acceptors (Lipinski definition) is 3. The highest BCUT2D eigenvalue weighted by molar-refractivity contribution is 5.74. The van der Waals surface area contributed by atoms with Gasteiger partial charge in [0.2, 0.25) is 0 Å². The molecule has 1 aromatic heterocycles. The van der Waals surface area contributed by atoms with Gasteiger partial charge < -0.3 is 15.0 Å². The molecule has 1 fully saturated rings. The van der Waals surface area contributed by atoms with Crippen molar-refractivity contribution in [3.05, 3.63) is 18.0 Å². The lowest BCUT2D eigenvalue weighted by Crippen LogP contribution is -2.42. The van der Waals surface area contributed by atoms with E-state index in [1.54, 1.807) is 6.20 Å². The van der Waals surface area contributed by atoms with Gasteiger partial charge in [-0.25, -0.2) is 4.79 Å². The Balaban J connectivity index is 1.82. The van der Waals surface area contributed by atoms with Crippen LogP contribution in [0.25, 0.3) is 0 Å². The molecular formula is C13H22N4O2. The highest BCUT2D eigenvalue weighted by Gasteiger charge is 2.19. The van der Waals surface area contributed by atoms with Crippen LogP contribution in [-0.4, -0.2) is 46.5 Å². The molecule has 6 heteroatoms. The first kappa shape index (κ1) is 13.9. The molecule has 2 amide bonds. The van der Waals surface area contributed by atoms with Crippen LogP contribution >= 0.6 is 0 Å². The fourth-order valence-electron chi connectivity index (χ4n) is 2.14. The summed E-state index contributed by atoms with van der Waals surface area (Å²) in [6.07, 6.45) is 4.74. The number of aryl methyl sites for hydroxylation is 1. The van der Waals surface area contributed by atoms with Crippen molar-refractivity contribution in [3.63, 3.8) is 0 Å². The van der Waals surface area contributed by atoms with Gasteiger partial charge in [0.15, 0.2) is 0 Å². The van der Waals surface area contributed by atoms with Crippen molar-refractivity contribution in [1.29, 1.82) is 0 Å². The summed E-state index contributed by atoms with van der Waals surface area (Å²) < 4.78 is 7.38. The molecule has 0 radical (unpaired) electrons. The Morgan fingerprint density at radius 3 is 3.21 bits per heavy atom. The van der Waals surface area contributed by atoms with E-state index >= 15 is 0 Å². The van der Waals surface area contributed by atoms with E-state index in [0.717, 1.165) is 31.7 Å². The second-order valence-corrected chi connectivity index (χ2v) is 4.84. The predicted molar refractivity (Wildman–Crippen MR) is 71.7 cm³/mol. The minimum Gasteiger partial charge on any atom is -0.377 e. The molecule has 2 heterocycles. The lowest BCUT2D eigenvalue weighted by Gasteiger charge is -2.22. The van der Waals surface area contributed by atoms with E-state index in [2.05, 4.69) is 10.4 Å². The first-order chi connectivity index (χ1) is 9.19. The maximum Gasteiger partial charge on any atom is 0.317 e. The van der Waals surface area contributed by atoms with Crippen molar-refractivity contribution in [2.75, 3.05) is 19.7 Å². The lowest BCUT2D eigenvalue weighted by molar-refractivity contribution is 0.0710. The van der Waals surface area contributed by atoms with E-state index in [9.17, 15) is 4.79 Å². The Hall–Kier alpha value is -1.56. The zero-order valence-corrected chi connectivity index (χ0v) is 11.6. The van der Waals surface area contributed by atoms with Crippen LogP contribution < -0.4 is 5.32 Å². The Bertz CT molecular complexity index is 419. The second-order valence-electron chi connectivity index (χ2n) is 4.84. The molecule has 0 saturated carbocycles. The number of aromatic nitrogens is 2. The average molecular weight is 266 g/mol. The predicted octanol–water partition coefficient (Wildman–Crippen LogP) is 1.22. The number of nitrogens with one attached hydrogen (secondary N) is 1. The normalized spacial score (nSPS) is 20.1. The number of urea groups is 1. The first-order valence-corrected chi connectivity index (χ1v) is 6.84. The zero-order chi connectivity index (χ0) is 13.7. The molecule has 1 atom stereocenters. The Morgan fingerprint density at radius 1 is 1.63 bits per heavy atom. The molecule has 106 valence electrons. The maximum absolute atomic E-state index is 12.1. The number of carbonyl (C=O) groups is 1. The average Bonchev–Trinajstić information content (AvgIpc) is 2.76. The van der Waals surface area contributed by atoms with Crippen LogP contribution in [0.3, 0.4) is 0 Å². The lowest BCUT2D eigenvalue weighted by atomic mass is 10.3. The van der Waals surface area contributed by atoms with Crippen molar-refractivity contribution in [2.45, 2.75) is 39.5 Å². The summed E-state index contributed by atoms with van der Waals surface area (Å²) in [5, 5.41) is 7.12. The molecule has 6 nitrogen and oxygen atoms in total. The number of carbonyl (C=O) groups excluding carboxylic acids is 1. The largest absolute Gasteiger partial charge is 0.377 e. The van der Waals surface area contributed by atoms with E-state index in [1.807, 2.05) is 29.6 Å². The van der Waals surface area contributed by atoms with Crippen molar-refractivity contribution in [1.82, 2.24) is 20.0 Å². The monoisotopic (exact) mass is 266 g/mol. The molecule has 0 aliphatic carbocycles. The number of rotatable bonds is 3. The number of ether oxygens (including phenoxy) is 1. The topological polar surface area (TPSA) is 59.4 Å².